The van der Waals surface area contributed by atoms with Crippen molar-refractivity contribution in [1.82, 2.24) is 4.72 Å². The van der Waals surface area contributed by atoms with Gasteiger partial charge in [-0.05, 0) is 31.7 Å². The lowest BCUT2D eigenvalue weighted by Gasteiger charge is -2.19. The zero-order valence-electron chi connectivity index (χ0n) is 11.4. The molecule has 4 N–H and O–H groups in total. The van der Waals surface area contributed by atoms with Crippen molar-refractivity contribution in [3.05, 3.63) is 18.2 Å². The van der Waals surface area contributed by atoms with Gasteiger partial charge in [-0.2, -0.15) is 0 Å². The van der Waals surface area contributed by atoms with Gasteiger partial charge < -0.3 is 15.8 Å². The fraction of sp³-hybridized carbons (Fsp3) is 0.500. The first-order chi connectivity index (χ1) is 8.94. The van der Waals surface area contributed by atoms with Crippen molar-refractivity contribution in [1.29, 1.82) is 0 Å². The first kappa shape index (κ1) is 15.7. The van der Waals surface area contributed by atoms with Crippen LogP contribution in [0.3, 0.4) is 0 Å². The molecule has 1 aromatic carbocycles. The maximum atomic E-state index is 11.7. The Morgan fingerprint density at radius 3 is 2.63 bits per heavy atom. The maximum absolute atomic E-state index is 11.7. The summed E-state index contributed by atoms with van der Waals surface area (Å²) in [5, 5.41) is 3.19. The molecule has 0 saturated heterocycles. The SMILES string of the molecule is CCC(COC)Nc1cc(S(=O)(=O)NC)ccc1N. The van der Waals surface area contributed by atoms with Crippen molar-refractivity contribution in [2.45, 2.75) is 24.3 Å². The fourth-order valence-corrected chi connectivity index (χ4v) is 2.38. The number of anilines is 2. The van der Waals surface area contributed by atoms with Gasteiger partial charge in [-0.3, -0.25) is 0 Å². The van der Waals surface area contributed by atoms with Crippen LogP contribution in [0.5, 0.6) is 0 Å². The highest BCUT2D eigenvalue weighted by atomic mass is 32.2. The Hall–Kier alpha value is -1.31. The van der Waals surface area contributed by atoms with Crippen LogP contribution in [0.4, 0.5) is 11.4 Å². The molecule has 0 spiro atoms. The fourth-order valence-electron chi connectivity index (χ4n) is 1.63. The number of nitrogens with one attached hydrogen (secondary N) is 2. The Morgan fingerprint density at radius 2 is 2.11 bits per heavy atom. The number of rotatable bonds is 7. The Balaban J connectivity index is 3.04. The van der Waals surface area contributed by atoms with Gasteiger partial charge in [0, 0.05) is 13.2 Å². The number of sulfonamides is 1. The molecule has 0 aromatic heterocycles. The van der Waals surface area contributed by atoms with Gasteiger partial charge >= 0.3 is 0 Å². The van der Waals surface area contributed by atoms with Crippen molar-refractivity contribution in [3.63, 3.8) is 0 Å². The van der Waals surface area contributed by atoms with E-state index in [0.717, 1.165) is 6.42 Å². The van der Waals surface area contributed by atoms with Gasteiger partial charge in [-0.15, -0.1) is 0 Å². The summed E-state index contributed by atoms with van der Waals surface area (Å²) < 4.78 is 30.8. The summed E-state index contributed by atoms with van der Waals surface area (Å²) in [5.74, 6) is 0. The van der Waals surface area contributed by atoms with Crippen LogP contribution in [0.1, 0.15) is 13.3 Å². The largest absolute Gasteiger partial charge is 0.397 e. The molecule has 0 fully saturated rings. The highest BCUT2D eigenvalue weighted by molar-refractivity contribution is 7.89. The van der Waals surface area contributed by atoms with Crippen LogP contribution in [0, 0.1) is 0 Å². The van der Waals surface area contributed by atoms with E-state index in [1.165, 1.54) is 19.2 Å². The van der Waals surface area contributed by atoms with Crippen LogP contribution in [-0.4, -0.2) is 35.2 Å². The molecule has 1 unspecified atom stereocenters. The molecule has 108 valence electrons. The third-order valence-corrected chi connectivity index (χ3v) is 4.24. The molecular formula is C12H21N3O3S. The minimum Gasteiger partial charge on any atom is -0.397 e. The van der Waals surface area contributed by atoms with Crippen molar-refractivity contribution in [2.75, 3.05) is 31.8 Å². The first-order valence-corrected chi connectivity index (χ1v) is 7.51. The first-order valence-electron chi connectivity index (χ1n) is 6.03. The van der Waals surface area contributed by atoms with Crippen molar-refractivity contribution >= 4 is 21.4 Å². The molecule has 0 amide bonds. The molecule has 1 atom stereocenters. The topological polar surface area (TPSA) is 93.4 Å². The molecule has 0 radical (unpaired) electrons. The number of nitrogens with two attached hydrogens (primary N) is 1. The summed E-state index contributed by atoms with van der Waals surface area (Å²) in [6.45, 7) is 2.54. The van der Waals surface area contributed by atoms with Gasteiger partial charge in [0.1, 0.15) is 0 Å². The zero-order chi connectivity index (χ0) is 14.5. The molecule has 0 saturated carbocycles. The van der Waals surface area contributed by atoms with Gasteiger partial charge in [0.25, 0.3) is 0 Å². The molecule has 0 heterocycles. The van der Waals surface area contributed by atoms with Gasteiger partial charge in [0.05, 0.1) is 22.9 Å². The summed E-state index contributed by atoms with van der Waals surface area (Å²) in [5.41, 5.74) is 6.96. The van der Waals surface area contributed by atoms with Crippen LogP contribution in [0.25, 0.3) is 0 Å². The molecule has 6 nitrogen and oxygen atoms in total. The molecular weight excluding hydrogens is 266 g/mol. The number of ether oxygens (including phenoxy) is 1. The quantitative estimate of drug-likeness (QED) is 0.651. The van der Waals surface area contributed by atoms with Crippen molar-refractivity contribution in [2.24, 2.45) is 0 Å². The van der Waals surface area contributed by atoms with Gasteiger partial charge in [0.15, 0.2) is 0 Å². The second-order valence-corrected chi connectivity index (χ2v) is 6.05. The summed E-state index contributed by atoms with van der Waals surface area (Å²) in [7, 11) is -0.475. The van der Waals surface area contributed by atoms with Crippen molar-refractivity contribution in [3.8, 4) is 0 Å². The monoisotopic (exact) mass is 287 g/mol. The number of hydrogen-bond acceptors (Lipinski definition) is 5. The van der Waals surface area contributed by atoms with Crippen LogP contribution < -0.4 is 15.8 Å². The van der Waals surface area contributed by atoms with Gasteiger partial charge in [0.2, 0.25) is 10.0 Å². The van der Waals surface area contributed by atoms with E-state index in [-0.39, 0.29) is 10.9 Å². The summed E-state index contributed by atoms with van der Waals surface area (Å²) in [6, 6.07) is 4.66. The molecule has 0 bridgehead atoms. The van der Waals surface area contributed by atoms with E-state index < -0.39 is 10.0 Å². The lowest BCUT2D eigenvalue weighted by molar-refractivity contribution is 0.184. The lowest BCUT2D eigenvalue weighted by Crippen LogP contribution is -2.25. The van der Waals surface area contributed by atoms with Crippen LogP contribution in [0.15, 0.2) is 23.1 Å². The highest BCUT2D eigenvalue weighted by Crippen LogP contribution is 2.23. The number of nitrogen functional groups attached to an aromatic ring is 1. The zero-order valence-corrected chi connectivity index (χ0v) is 12.3. The van der Waals surface area contributed by atoms with E-state index in [2.05, 4.69) is 10.0 Å². The standard InChI is InChI=1S/C12H21N3O3S/c1-4-9(8-18-3)15-12-7-10(5-6-11(12)13)19(16,17)14-2/h5-7,9,14-15H,4,8,13H2,1-3H3. The molecule has 0 aliphatic rings. The van der Waals surface area contributed by atoms with E-state index in [1.807, 2.05) is 6.92 Å². The smallest absolute Gasteiger partial charge is 0.240 e. The highest BCUT2D eigenvalue weighted by Gasteiger charge is 2.14. The molecule has 19 heavy (non-hydrogen) atoms. The molecule has 7 heteroatoms. The maximum Gasteiger partial charge on any atom is 0.240 e. The van der Waals surface area contributed by atoms with Gasteiger partial charge in [-0.1, -0.05) is 6.92 Å². The van der Waals surface area contributed by atoms with Crippen LogP contribution >= 0.6 is 0 Å². The Kier molecular flexibility index (Phi) is 5.59. The second-order valence-electron chi connectivity index (χ2n) is 4.16. The third kappa shape index (κ3) is 4.09. The molecule has 0 aliphatic carbocycles. The van der Waals surface area contributed by atoms with Gasteiger partial charge in [-0.25, -0.2) is 13.1 Å². The number of methoxy groups -OCH3 is 1. The van der Waals surface area contributed by atoms with Crippen LogP contribution in [0.2, 0.25) is 0 Å². The second kappa shape index (κ2) is 6.74. The minimum absolute atomic E-state index is 0.0832. The normalized spacial score (nSPS) is 13.2. The predicted molar refractivity (Wildman–Crippen MR) is 76.7 cm³/mol. The predicted octanol–water partition coefficient (Wildman–Crippen LogP) is 1.01. The van der Waals surface area contributed by atoms with E-state index in [1.54, 1.807) is 13.2 Å². The van der Waals surface area contributed by atoms with E-state index in [9.17, 15) is 8.42 Å². The number of hydrogen-bond donors (Lipinski definition) is 3. The number of benzene rings is 1. The Bertz CT molecular complexity index is 517. The Morgan fingerprint density at radius 1 is 1.42 bits per heavy atom. The van der Waals surface area contributed by atoms with Crippen molar-refractivity contribution < 1.29 is 13.2 Å². The molecule has 0 aliphatic heterocycles. The minimum atomic E-state index is -3.47. The molecule has 1 rings (SSSR count). The Labute approximate surface area is 114 Å². The van der Waals surface area contributed by atoms with E-state index in [0.29, 0.717) is 18.0 Å². The molecule has 1 aromatic rings. The average Bonchev–Trinajstić information content (AvgIpc) is 2.40. The summed E-state index contributed by atoms with van der Waals surface area (Å²) in [4.78, 5) is 0.180. The van der Waals surface area contributed by atoms with Crippen LogP contribution in [-0.2, 0) is 14.8 Å². The average molecular weight is 287 g/mol. The third-order valence-electron chi connectivity index (χ3n) is 2.82. The van der Waals surface area contributed by atoms with E-state index in [4.69, 9.17) is 10.5 Å². The summed E-state index contributed by atoms with van der Waals surface area (Å²) >= 11 is 0. The van der Waals surface area contributed by atoms with E-state index >= 15 is 0 Å². The lowest BCUT2D eigenvalue weighted by atomic mass is 10.2. The summed E-state index contributed by atoms with van der Waals surface area (Å²) in [6.07, 6.45) is 0.844.